The van der Waals surface area contributed by atoms with E-state index in [0.717, 1.165) is 22.6 Å². The van der Waals surface area contributed by atoms with Gasteiger partial charge in [0, 0.05) is 35.8 Å². The van der Waals surface area contributed by atoms with Crippen molar-refractivity contribution in [2.75, 3.05) is 19.6 Å². The number of nitrogens with zero attached hydrogens (tertiary/aromatic N) is 3. The number of piperidine rings is 3. The molecule has 3 aromatic rings. The zero-order valence-corrected chi connectivity index (χ0v) is 14.1. The molecule has 4 nitrogen and oxygen atoms in total. The van der Waals surface area contributed by atoms with E-state index in [1.807, 2.05) is 13.1 Å². The summed E-state index contributed by atoms with van der Waals surface area (Å²) >= 11 is 0. The number of rotatable bonds is 1. The summed E-state index contributed by atoms with van der Waals surface area (Å²) in [5, 5.41) is 1.30. The van der Waals surface area contributed by atoms with Gasteiger partial charge in [0.1, 0.15) is 0 Å². The Labute approximate surface area is 141 Å². The number of aryl methyl sites for hydroxylation is 1. The van der Waals surface area contributed by atoms with Crippen molar-refractivity contribution in [3.8, 4) is 0 Å². The van der Waals surface area contributed by atoms with E-state index < -0.39 is 0 Å². The molecule has 23 heavy (non-hydrogen) atoms. The second-order valence-electron chi connectivity index (χ2n) is 6.86. The fourth-order valence-electron chi connectivity index (χ4n) is 4.43. The quantitative estimate of drug-likeness (QED) is 0.741. The predicted molar refractivity (Wildman–Crippen MR) is 95.3 cm³/mol. The summed E-state index contributed by atoms with van der Waals surface area (Å²) in [5.41, 5.74) is 5.68. The first kappa shape index (κ1) is 14.9. The second-order valence-corrected chi connectivity index (χ2v) is 6.86. The lowest BCUT2D eigenvalue weighted by atomic mass is 9.75. The summed E-state index contributed by atoms with van der Waals surface area (Å²) in [4.78, 5) is 15.4. The smallest absolute Gasteiger partial charge is 0.0983 e. The number of nitrogens with one attached hydrogen (secondary N) is 1. The molecule has 1 N–H and O–H groups in total. The summed E-state index contributed by atoms with van der Waals surface area (Å²) < 4.78 is 0. The van der Waals surface area contributed by atoms with Crippen molar-refractivity contribution in [2.24, 2.45) is 5.92 Å². The Kier molecular flexibility index (Phi) is 3.54. The van der Waals surface area contributed by atoms with E-state index in [1.165, 1.54) is 48.9 Å². The lowest BCUT2D eigenvalue weighted by Crippen LogP contribution is -2.46. The van der Waals surface area contributed by atoms with Crippen LogP contribution in [0.15, 0.2) is 24.5 Å². The van der Waals surface area contributed by atoms with Gasteiger partial charge in [0.15, 0.2) is 0 Å². The Morgan fingerprint density at radius 1 is 1.22 bits per heavy atom. The Morgan fingerprint density at radius 3 is 2.78 bits per heavy atom. The van der Waals surface area contributed by atoms with Gasteiger partial charge in [0.25, 0.3) is 0 Å². The number of aromatic nitrogens is 3. The van der Waals surface area contributed by atoms with Crippen molar-refractivity contribution in [3.05, 3.63) is 35.8 Å². The van der Waals surface area contributed by atoms with Crippen LogP contribution in [0.5, 0.6) is 0 Å². The molecular weight excluding hydrogens is 308 g/mol. The maximum Gasteiger partial charge on any atom is 0.0983 e. The molecule has 2 aromatic heterocycles. The Bertz CT molecular complexity index is 864. The minimum absolute atomic E-state index is 0. The minimum atomic E-state index is 0. The third kappa shape index (κ3) is 2.24. The van der Waals surface area contributed by atoms with Gasteiger partial charge in [-0.3, -0.25) is 4.98 Å². The van der Waals surface area contributed by atoms with Crippen molar-refractivity contribution >= 4 is 34.3 Å². The average molecular weight is 329 g/mol. The zero-order valence-electron chi connectivity index (χ0n) is 13.2. The van der Waals surface area contributed by atoms with E-state index in [4.69, 9.17) is 4.98 Å². The van der Waals surface area contributed by atoms with E-state index in [2.05, 4.69) is 33.2 Å². The molecule has 3 aliphatic rings. The third-order valence-corrected chi connectivity index (χ3v) is 5.56. The van der Waals surface area contributed by atoms with Gasteiger partial charge in [-0.15, -0.1) is 12.4 Å². The number of hydrogen-bond donors (Lipinski definition) is 1. The molecule has 120 valence electrons. The van der Waals surface area contributed by atoms with Crippen LogP contribution in [-0.4, -0.2) is 39.5 Å². The van der Waals surface area contributed by atoms with Crippen LogP contribution in [0.25, 0.3) is 21.9 Å². The van der Waals surface area contributed by atoms with Gasteiger partial charge < -0.3 is 9.88 Å². The highest BCUT2D eigenvalue weighted by Crippen LogP contribution is 2.42. The van der Waals surface area contributed by atoms with E-state index in [-0.39, 0.29) is 12.4 Å². The minimum Gasteiger partial charge on any atom is -0.361 e. The molecule has 5 heterocycles. The summed E-state index contributed by atoms with van der Waals surface area (Å²) in [7, 11) is 0. The molecule has 3 aliphatic heterocycles. The van der Waals surface area contributed by atoms with Gasteiger partial charge in [-0.2, -0.15) is 0 Å². The van der Waals surface area contributed by atoms with Crippen molar-refractivity contribution in [2.45, 2.75) is 25.7 Å². The van der Waals surface area contributed by atoms with E-state index >= 15 is 0 Å². The first-order chi connectivity index (χ1) is 10.8. The normalized spacial score (nSPS) is 26.6. The molecule has 5 heteroatoms. The van der Waals surface area contributed by atoms with E-state index in [0.29, 0.717) is 5.92 Å². The Balaban J connectivity index is 0.00000135. The molecule has 0 saturated carbocycles. The first-order valence-electron chi connectivity index (χ1n) is 8.25. The number of benzene rings is 1. The standard InChI is InChI=1S/C18H20N4.ClH/c1-11-8-20-18-16(21-11)3-2-15-17(18)13(9-19-15)14-10-22-6-4-12(14)5-7-22;/h2-3,8-9,12,14,19H,4-7,10H2,1H3;1H. The van der Waals surface area contributed by atoms with Crippen molar-refractivity contribution in [1.29, 1.82) is 0 Å². The zero-order chi connectivity index (χ0) is 14.7. The van der Waals surface area contributed by atoms with Gasteiger partial charge >= 0.3 is 0 Å². The van der Waals surface area contributed by atoms with Gasteiger partial charge in [-0.05, 0) is 56.5 Å². The van der Waals surface area contributed by atoms with Crippen molar-refractivity contribution in [1.82, 2.24) is 19.9 Å². The summed E-state index contributed by atoms with van der Waals surface area (Å²) in [6.45, 7) is 5.77. The van der Waals surface area contributed by atoms with Crippen molar-refractivity contribution in [3.63, 3.8) is 0 Å². The van der Waals surface area contributed by atoms with Crippen molar-refractivity contribution < 1.29 is 0 Å². The number of aromatic amines is 1. The van der Waals surface area contributed by atoms with Crippen LogP contribution >= 0.6 is 12.4 Å². The summed E-state index contributed by atoms with van der Waals surface area (Å²) in [5.74, 6) is 1.47. The Hall–Kier alpha value is -1.65. The maximum absolute atomic E-state index is 4.70. The number of hydrogen-bond acceptors (Lipinski definition) is 3. The molecule has 1 unspecified atom stereocenters. The highest BCUT2D eigenvalue weighted by atomic mass is 35.5. The van der Waals surface area contributed by atoms with E-state index in [9.17, 15) is 0 Å². The summed E-state index contributed by atoms with van der Waals surface area (Å²) in [6.07, 6.45) is 6.78. The molecular formula is C18H21ClN4. The molecule has 2 bridgehead atoms. The fourth-order valence-corrected chi connectivity index (χ4v) is 4.43. The highest BCUT2D eigenvalue weighted by Gasteiger charge is 2.36. The third-order valence-electron chi connectivity index (χ3n) is 5.56. The van der Waals surface area contributed by atoms with Crippen LogP contribution in [0.3, 0.4) is 0 Å². The molecule has 0 spiro atoms. The Morgan fingerprint density at radius 2 is 2.04 bits per heavy atom. The SMILES string of the molecule is Cc1cnc2c(ccc3[nH]cc(C4CN5CCC4CC5)c32)n1.Cl. The van der Waals surface area contributed by atoms with E-state index in [1.54, 1.807) is 0 Å². The lowest BCUT2D eigenvalue weighted by Gasteiger charge is -2.44. The topological polar surface area (TPSA) is 44.8 Å². The molecule has 0 radical (unpaired) electrons. The summed E-state index contributed by atoms with van der Waals surface area (Å²) in [6, 6.07) is 4.23. The number of fused-ring (bicyclic) bond motifs is 6. The molecule has 1 atom stereocenters. The first-order valence-corrected chi connectivity index (χ1v) is 8.25. The highest BCUT2D eigenvalue weighted by molar-refractivity contribution is 6.04. The molecule has 0 aliphatic carbocycles. The van der Waals surface area contributed by atoms with Crippen LogP contribution in [0, 0.1) is 12.8 Å². The monoisotopic (exact) mass is 328 g/mol. The molecule has 0 amide bonds. The van der Waals surface area contributed by atoms with Gasteiger partial charge in [-0.25, -0.2) is 4.98 Å². The van der Waals surface area contributed by atoms with Crippen LogP contribution in [0.1, 0.15) is 30.0 Å². The van der Waals surface area contributed by atoms with Crippen LogP contribution in [0.2, 0.25) is 0 Å². The maximum atomic E-state index is 4.70. The second kappa shape index (κ2) is 5.46. The molecule has 1 aromatic carbocycles. The average Bonchev–Trinajstić information content (AvgIpc) is 3.00. The predicted octanol–water partition coefficient (Wildman–Crippen LogP) is 3.65. The van der Waals surface area contributed by atoms with Crippen LogP contribution in [0.4, 0.5) is 0 Å². The molecule has 6 rings (SSSR count). The van der Waals surface area contributed by atoms with Gasteiger partial charge in [0.05, 0.1) is 16.7 Å². The number of H-pyrrole nitrogens is 1. The van der Waals surface area contributed by atoms with Gasteiger partial charge in [-0.1, -0.05) is 0 Å². The van der Waals surface area contributed by atoms with Gasteiger partial charge in [0.2, 0.25) is 0 Å². The largest absolute Gasteiger partial charge is 0.361 e. The van der Waals surface area contributed by atoms with Crippen LogP contribution < -0.4 is 0 Å². The lowest BCUT2D eigenvalue weighted by molar-refractivity contribution is 0.0877. The van der Waals surface area contributed by atoms with Crippen LogP contribution in [-0.2, 0) is 0 Å². The fraction of sp³-hybridized carbons (Fsp3) is 0.444. The number of halogens is 1. The molecule has 3 fully saturated rings. The molecule has 3 saturated heterocycles.